The van der Waals surface area contributed by atoms with Crippen LogP contribution in [0.4, 0.5) is 4.79 Å². The van der Waals surface area contributed by atoms with Crippen LogP contribution in [-0.4, -0.2) is 69.5 Å². The number of rotatable bonds is 1. The first-order valence-electron chi connectivity index (χ1n) is 5.18. The fourth-order valence-corrected chi connectivity index (χ4v) is 2.93. The van der Waals surface area contributed by atoms with Gasteiger partial charge in [-0.3, -0.25) is 14.9 Å². The van der Waals surface area contributed by atoms with Gasteiger partial charge in [-0.15, -0.1) is 11.8 Å². The van der Waals surface area contributed by atoms with E-state index in [-0.39, 0.29) is 19.0 Å². The van der Waals surface area contributed by atoms with Crippen LogP contribution in [0, 0.1) is 0 Å². The summed E-state index contributed by atoms with van der Waals surface area (Å²) in [6.07, 6.45) is 0. The molecule has 0 spiro atoms. The summed E-state index contributed by atoms with van der Waals surface area (Å²) in [4.78, 5) is 47.5. The largest absolute Gasteiger partial charge is 0.480 e. The van der Waals surface area contributed by atoms with E-state index in [0.29, 0.717) is 5.75 Å². The molecule has 98 valence electrons. The van der Waals surface area contributed by atoms with Crippen molar-refractivity contribution in [3.63, 3.8) is 0 Å². The van der Waals surface area contributed by atoms with Crippen LogP contribution >= 0.6 is 11.8 Å². The molecule has 0 aromatic rings. The fourth-order valence-electron chi connectivity index (χ4n) is 1.79. The Bertz CT molecular complexity index is 410. The minimum absolute atomic E-state index is 0.224. The quantitative estimate of drug-likeness (QED) is 0.564. The molecule has 2 rings (SSSR count). The van der Waals surface area contributed by atoms with Gasteiger partial charge in [0.15, 0.2) is 0 Å². The first-order valence-corrected chi connectivity index (χ1v) is 6.33. The van der Waals surface area contributed by atoms with E-state index >= 15 is 0 Å². The number of carbonyl (C=O) groups excluding carboxylic acids is 3. The average molecular weight is 273 g/mol. The Morgan fingerprint density at radius 3 is 2.44 bits per heavy atom. The Morgan fingerprint density at radius 2 is 1.89 bits per heavy atom. The molecule has 8 nitrogen and oxygen atoms in total. The molecule has 1 atom stereocenters. The molecule has 2 heterocycles. The van der Waals surface area contributed by atoms with Gasteiger partial charge < -0.3 is 14.9 Å². The van der Waals surface area contributed by atoms with Crippen LogP contribution < -0.4 is 5.32 Å². The number of piperazine rings is 1. The van der Waals surface area contributed by atoms with Gasteiger partial charge in [-0.25, -0.2) is 9.59 Å². The van der Waals surface area contributed by atoms with Gasteiger partial charge in [0.25, 0.3) is 0 Å². The number of hydrogen-bond donors (Lipinski definition) is 2. The molecule has 2 fully saturated rings. The lowest BCUT2D eigenvalue weighted by Gasteiger charge is -2.31. The van der Waals surface area contributed by atoms with Gasteiger partial charge in [-0.2, -0.15) is 0 Å². The normalized spacial score (nSPS) is 24.1. The number of carbonyl (C=O) groups is 4. The number of nitrogens with zero attached hydrogens (tertiary/aromatic N) is 2. The van der Waals surface area contributed by atoms with E-state index in [1.807, 2.05) is 0 Å². The maximum Gasteiger partial charge on any atom is 0.327 e. The van der Waals surface area contributed by atoms with E-state index in [4.69, 9.17) is 5.11 Å². The zero-order valence-corrected chi connectivity index (χ0v) is 10.1. The number of aliphatic carboxylic acids is 1. The molecule has 18 heavy (non-hydrogen) atoms. The van der Waals surface area contributed by atoms with E-state index in [1.165, 1.54) is 16.7 Å². The van der Waals surface area contributed by atoms with Crippen LogP contribution in [0.15, 0.2) is 0 Å². The van der Waals surface area contributed by atoms with Crippen molar-refractivity contribution in [3.8, 4) is 0 Å². The van der Waals surface area contributed by atoms with Gasteiger partial charge in [0.05, 0.1) is 5.88 Å². The Kier molecular flexibility index (Phi) is 3.41. The molecular formula is C9H11N3O5S. The summed E-state index contributed by atoms with van der Waals surface area (Å²) in [7, 11) is 0. The molecule has 9 heteroatoms. The van der Waals surface area contributed by atoms with Crippen LogP contribution in [0.2, 0.25) is 0 Å². The standard InChI is InChI=1S/C9H11N3O5S/c13-6-1-11(2-7(14)10-6)9(17)12-4-18-3-5(12)8(15)16/h5H,1-4H2,(H,15,16)(H,10,13,14). The van der Waals surface area contributed by atoms with Crippen molar-refractivity contribution in [3.05, 3.63) is 0 Å². The third kappa shape index (κ3) is 2.40. The predicted octanol–water partition coefficient (Wildman–Crippen LogP) is -1.48. The summed E-state index contributed by atoms with van der Waals surface area (Å²) in [6.45, 7) is -0.448. The number of carboxylic acid groups (broad SMARTS) is 1. The average Bonchev–Trinajstić information content (AvgIpc) is 2.75. The van der Waals surface area contributed by atoms with E-state index in [2.05, 4.69) is 5.32 Å². The Labute approximate surface area is 106 Å². The van der Waals surface area contributed by atoms with E-state index in [1.54, 1.807) is 0 Å². The molecule has 0 aliphatic carbocycles. The minimum atomic E-state index is -1.08. The van der Waals surface area contributed by atoms with Gasteiger partial charge in [-0.1, -0.05) is 0 Å². The zero-order valence-electron chi connectivity index (χ0n) is 9.29. The summed E-state index contributed by atoms with van der Waals surface area (Å²) in [6, 6.07) is -1.49. The molecule has 2 aliphatic heterocycles. The fraction of sp³-hybridized carbons (Fsp3) is 0.556. The first-order chi connectivity index (χ1) is 8.49. The van der Waals surface area contributed by atoms with Gasteiger partial charge >= 0.3 is 12.0 Å². The number of amides is 4. The lowest BCUT2D eigenvalue weighted by atomic mass is 10.3. The number of imide groups is 1. The van der Waals surface area contributed by atoms with Crippen molar-refractivity contribution >= 4 is 35.6 Å². The molecule has 1 unspecified atom stereocenters. The minimum Gasteiger partial charge on any atom is -0.480 e. The van der Waals surface area contributed by atoms with Crippen LogP contribution in [0.25, 0.3) is 0 Å². The third-order valence-corrected chi connectivity index (χ3v) is 3.64. The third-order valence-electron chi connectivity index (χ3n) is 2.63. The van der Waals surface area contributed by atoms with Crippen molar-refractivity contribution in [1.82, 2.24) is 15.1 Å². The second-order valence-electron chi connectivity index (χ2n) is 3.93. The highest BCUT2D eigenvalue weighted by Gasteiger charge is 2.38. The molecule has 2 aliphatic rings. The number of thioether (sulfide) groups is 1. The van der Waals surface area contributed by atoms with Gasteiger partial charge in [-0.05, 0) is 0 Å². The molecule has 2 N–H and O–H groups in total. The summed E-state index contributed by atoms with van der Waals surface area (Å²) >= 11 is 1.32. The monoisotopic (exact) mass is 273 g/mol. The molecule has 0 aromatic heterocycles. The van der Waals surface area contributed by atoms with Crippen LogP contribution in [0.3, 0.4) is 0 Å². The van der Waals surface area contributed by atoms with Crippen molar-refractivity contribution in [2.75, 3.05) is 24.7 Å². The maximum absolute atomic E-state index is 12.0. The number of nitrogens with one attached hydrogen (secondary N) is 1. The summed E-state index contributed by atoms with van der Waals surface area (Å²) < 4.78 is 0. The molecule has 0 aromatic carbocycles. The lowest BCUT2D eigenvalue weighted by Crippen LogP contribution is -2.58. The van der Waals surface area contributed by atoms with Crippen LogP contribution in [0.5, 0.6) is 0 Å². The molecule has 4 amide bonds. The van der Waals surface area contributed by atoms with Crippen molar-refractivity contribution in [2.45, 2.75) is 6.04 Å². The smallest absolute Gasteiger partial charge is 0.327 e. The molecule has 0 radical (unpaired) electrons. The number of urea groups is 1. The second-order valence-corrected chi connectivity index (χ2v) is 4.93. The molecule has 2 saturated heterocycles. The first kappa shape index (κ1) is 12.7. The van der Waals surface area contributed by atoms with Crippen molar-refractivity contribution in [2.24, 2.45) is 0 Å². The van der Waals surface area contributed by atoms with Crippen molar-refractivity contribution in [1.29, 1.82) is 0 Å². The topological polar surface area (TPSA) is 107 Å². The zero-order chi connectivity index (χ0) is 13.3. The predicted molar refractivity (Wildman–Crippen MR) is 60.7 cm³/mol. The highest BCUT2D eigenvalue weighted by atomic mass is 32.2. The van der Waals surface area contributed by atoms with E-state index < -0.39 is 29.9 Å². The Balaban J connectivity index is 2.08. The summed E-state index contributed by atoms with van der Waals surface area (Å²) in [5.74, 6) is -1.63. The highest BCUT2D eigenvalue weighted by Crippen LogP contribution is 2.22. The Morgan fingerprint density at radius 1 is 1.28 bits per heavy atom. The molecular weight excluding hydrogens is 262 g/mol. The number of carboxylic acids is 1. The SMILES string of the molecule is O=C1CN(C(=O)N2CSCC2C(=O)O)CC(=O)N1. The highest BCUT2D eigenvalue weighted by molar-refractivity contribution is 7.99. The van der Waals surface area contributed by atoms with Crippen molar-refractivity contribution < 1.29 is 24.3 Å². The van der Waals surface area contributed by atoms with Crippen LogP contribution in [0.1, 0.15) is 0 Å². The van der Waals surface area contributed by atoms with Gasteiger partial charge in [0, 0.05) is 5.75 Å². The van der Waals surface area contributed by atoms with E-state index in [9.17, 15) is 19.2 Å². The summed E-state index contributed by atoms with van der Waals surface area (Å²) in [5.41, 5.74) is 0. The van der Waals surface area contributed by atoms with Gasteiger partial charge in [0.2, 0.25) is 11.8 Å². The van der Waals surface area contributed by atoms with Gasteiger partial charge in [0.1, 0.15) is 19.1 Å². The molecule has 0 bridgehead atoms. The molecule has 0 saturated carbocycles. The number of hydrogen-bond acceptors (Lipinski definition) is 5. The van der Waals surface area contributed by atoms with E-state index in [0.717, 1.165) is 4.90 Å². The Hall–Kier alpha value is -1.77. The maximum atomic E-state index is 12.0. The summed E-state index contributed by atoms with van der Waals surface area (Å²) in [5, 5.41) is 11.0. The lowest BCUT2D eigenvalue weighted by molar-refractivity contribution is -0.140. The van der Waals surface area contributed by atoms with Crippen LogP contribution in [-0.2, 0) is 14.4 Å². The second kappa shape index (κ2) is 4.84.